The molecule has 1 amide bonds. The highest BCUT2D eigenvalue weighted by Gasteiger charge is 2.42. The summed E-state index contributed by atoms with van der Waals surface area (Å²) in [6, 6.07) is 0. The molecule has 6 heteroatoms. The lowest BCUT2D eigenvalue weighted by Crippen LogP contribution is -2.53. The van der Waals surface area contributed by atoms with E-state index < -0.39 is 0 Å². The summed E-state index contributed by atoms with van der Waals surface area (Å²) in [6.45, 7) is 2.32. The number of halogens is 1. The maximum Gasteiger partial charge on any atom is 0.275 e. The van der Waals surface area contributed by atoms with Gasteiger partial charge in [0.15, 0.2) is 5.69 Å². The molecule has 2 aliphatic heterocycles. The fraction of sp³-hybridized carbons (Fsp3) is 0.667. The smallest absolute Gasteiger partial charge is 0.275 e. The van der Waals surface area contributed by atoms with Crippen LogP contribution in [0.5, 0.6) is 0 Å². The van der Waals surface area contributed by atoms with Gasteiger partial charge in [0.05, 0.1) is 17.2 Å². The molecule has 2 aliphatic rings. The maximum absolute atomic E-state index is 12.3. The Balaban J connectivity index is 1.69. The van der Waals surface area contributed by atoms with Crippen molar-refractivity contribution in [2.24, 2.45) is 7.05 Å². The second-order valence-electron chi connectivity index (χ2n) is 5.07. The van der Waals surface area contributed by atoms with E-state index in [-0.39, 0.29) is 11.5 Å². The van der Waals surface area contributed by atoms with Crippen LogP contribution in [0.2, 0.25) is 5.02 Å². The van der Waals surface area contributed by atoms with Crippen LogP contribution in [0.1, 0.15) is 29.8 Å². The van der Waals surface area contributed by atoms with Crippen LogP contribution in [-0.2, 0) is 11.8 Å². The van der Waals surface area contributed by atoms with E-state index in [2.05, 4.69) is 5.10 Å². The molecule has 2 fully saturated rings. The molecule has 3 heterocycles. The number of piperidine rings is 1. The number of carbonyl (C=O) groups excluding carboxylic acids is 1. The minimum absolute atomic E-state index is 0.0602. The van der Waals surface area contributed by atoms with E-state index >= 15 is 0 Å². The van der Waals surface area contributed by atoms with E-state index in [1.807, 2.05) is 4.90 Å². The molecule has 0 N–H and O–H groups in total. The zero-order chi connectivity index (χ0) is 12.8. The van der Waals surface area contributed by atoms with Gasteiger partial charge < -0.3 is 9.64 Å². The Hall–Kier alpha value is -1.07. The molecule has 0 atom stereocenters. The van der Waals surface area contributed by atoms with Crippen molar-refractivity contribution in [1.82, 2.24) is 14.7 Å². The third kappa shape index (κ3) is 1.91. The average Bonchev–Trinajstić information content (AvgIpc) is 2.66. The second kappa shape index (κ2) is 4.24. The van der Waals surface area contributed by atoms with Gasteiger partial charge in [0, 0.05) is 26.3 Å². The Kier molecular flexibility index (Phi) is 2.83. The first kappa shape index (κ1) is 12.0. The van der Waals surface area contributed by atoms with Crippen LogP contribution in [0.3, 0.4) is 0 Å². The van der Waals surface area contributed by atoms with Crippen molar-refractivity contribution in [3.8, 4) is 0 Å². The van der Waals surface area contributed by atoms with Crippen LogP contribution in [-0.4, -0.2) is 45.9 Å². The van der Waals surface area contributed by atoms with Gasteiger partial charge >= 0.3 is 0 Å². The summed E-state index contributed by atoms with van der Waals surface area (Å²) in [7, 11) is 1.76. The van der Waals surface area contributed by atoms with Crippen molar-refractivity contribution in [1.29, 1.82) is 0 Å². The van der Waals surface area contributed by atoms with Crippen molar-refractivity contribution in [3.63, 3.8) is 0 Å². The summed E-state index contributed by atoms with van der Waals surface area (Å²) in [5.74, 6) is -0.0743. The van der Waals surface area contributed by atoms with Crippen LogP contribution in [0.25, 0.3) is 0 Å². The highest BCUT2D eigenvalue weighted by molar-refractivity contribution is 6.33. The summed E-state index contributed by atoms with van der Waals surface area (Å²) in [6.07, 6.45) is 4.61. The molecule has 98 valence electrons. The number of ether oxygens (including phenoxy) is 1. The first-order valence-corrected chi connectivity index (χ1v) is 6.60. The van der Waals surface area contributed by atoms with Gasteiger partial charge in [-0.2, -0.15) is 5.10 Å². The van der Waals surface area contributed by atoms with E-state index in [9.17, 15) is 4.79 Å². The van der Waals surface area contributed by atoms with E-state index in [1.54, 1.807) is 17.9 Å². The van der Waals surface area contributed by atoms with Crippen LogP contribution in [0.15, 0.2) is 6.20 Å². The quantitative estimate of drug-likeness (QED) is 0.776. The van der Waals surface area contributed by atoms with Crippen LogP contribution < -0.4 is 0 Å². The molecule has 1 aromatic heterocycles. The molecule has 1 aromatic rings. The molecular formula is C12H16ClN3O2. The Labute approximate surface area is 111 Å². The fourth-order valence-corrected chi connectivity index (χ4v) is 2.92. The monoisotopic (exact) mass is 269 g/mol. The molecule has 0 unspecified atom stereocenters. The highest BCUT2D eigenvalue weighted by Crippen LogP contribution is 2.37. The number of hydrogen-bond acceptors (Lipinski definition) is 3. The molecule has 0 saturated carbocycles. The van der Waals surface area contributed by atoms with Gasteiger partial charge in [-0.15, -0.1) is 0 Å². The average molecular weight is 270 g/mol. The zero-order valence-electron chi connectivity index (χ0n) is 10.4. The van der Waals surface area contributed by atoms with E-state index in [1.165, 1.54) is 0 Å². The van der Waals surface area contributed by atoms with Crippen molar-refractivity contribution in [3.05, 3.63) is 16.9 Å². The third-order valence-corrected chi connectivity index (χ3v) is 4.19. The molecule has 0 aromatic carbocycles. The van der Waals surface area contributed by atoms with Gasteiger partial charge in [-0.1, -0.05) is 11.6 Å². The molecule has 0 aliphatic carbocycles. The summed E-state index contributed by atoms with van der Waals surface area (Å²) in [5, 5.41) is 4.54. The van der Waals surface area contributed by atoms with Gasteiger partial charge in [0.25, 0.3) is 5.91 Å². The molecule has 1 spiro atoms. The summed E-state index contributed by atoms with van der Waals surface area (Å²) in [5.41, 5.74) is 0.412. The summed E-state index contributed by atoms with van der Waals surface area (Å²) >= 11 is 6.00. The Morgan fingerprint density at radius 1 is 1.44 bits per heavy atom. The Bertz CT molecular complexity index is 472. The molecule has 18 heavy (non-hydrogen) atoms. The van der Waals surface area contributed by atoms with Crippen LogP contribution in [0.4, 0.5) is 0 Å². The lowest BCUT2D eigenvalue weighted by molar-refractivity contribution is -0.169. The van der Waals surface area contributed by atoms with Crippen LogP contribution >= 0.6 is 11.6 Å². The van der Waals surface area contributed by atoms with E-state index in [0.29, 0.717) is 10.7 Å². The first-order chi connectivity index (χ1) is 8.60. The maximum atomic E-state index is 12.3. The zero-order valence-corrected chi connectivity index (χ0v) is 11.1. The predicted octanol–water partition coefficient (Wildman–Crippen LogP) is 1.47. The molecule has 0 radical (unpaired) electrons. The minimum atomic E-state index is -0.0743. The lowest BCUT2D eigenvalue weighted by atomic mass is 9.84. The summed E-state index contributed by atoms with van der Waals surface area (Å²) in [4.78, 5) is 14.1. The molecular weight excluding hydrogens is 254 g/mol. The number of carbonyl (C=O) groups is 1. The number of rotatable bonds is 1. The van der Waals surface area contributed by atoms with E-state index in [0.717, 1.165) is 39.0 Å². The molecule has 2 saturated heterocycles. The largest absolute Gasteiger partial charge is 0.375 e. The van der Waals surface area contributed by atoms with Crippen molar-refractivity contribution >= 4 is 17.5 Å². The van der Waals surface area contributed by atoms with Gasteiger partial charge in [0.2, 0.25) is 0 Å². The number of aromatic nitrogens is 2. The number of aryl methyl sites for hydroxylation is 1. The van der Waals surface area contributed by atoms with Gasteiger partial charge in [-0.3, -0.25) is 9.48 Å². The Morgan fingerprint density at radius 2 is 2.11 bits per heavy atom. The third-order valence-electron chi connectivity index (χ3n) is 3.91. The Morgan fingerprint density at radius 3 is 2.56 bits per heavy atom. The molecule has 3 rings (SSSR count). The number of amides is 1. The standard InChI is InChI=1S/C12H16ClN3O2/c1-15-8-9(13)10(14-15)11(17)16-5-2-12(3-6-16)4-7-18-12/h8H,2-7H2,1H3. The van der Waals surface area contributed by atoms with Gasteiger partial charge in [0.1, 0.15) is 0 Å². The minimum Gasteiger partial charge on any atom is -0.375 e. The first-order valence-electron chi connectivity index (χ1n) is 6.22. The number of likely N-dealkylation sites (tertiary alicyclic amines) is 1. The molecule has 0 bridgehead atoms. The summed E-state index contributed by atoms with van der Waals surface area (Å²) < 4.78 is 7.20. The lowest BCUT2D eigenvalue weighted by Gasteiger charge is -2.47. The fourth-order valence-electron chi connectivity index (χ4n) is 2.66. The van der Waals surface area contributed by atoms with E-state index in [4.69, 9.17) is 16.3 Å². The SMILES string of the molecule is Cn1cc(Cl)c(C(=O)N2CCC3(CCO3)CC2)n1. The van der Waals surface area contributed by atoms with Crippen molar-refractivity contribution in [2.75, 3.05) is 19.7 Å². The van der Waals surface area contributed by atoms with Crippen molar-refractivity contribution in [2.45, 2.75) is 24.9 Å². The van der Waals surface area contributed by atoms with Gasteiger partial charge in [-0.05, 0) is 19.3 Å². The predicted molar refractivity (Wildman–Crippen MR) is 66.7 cm³/mol. The van der Waals surface area contributed by atoms with Crippen LogP contribution in [0, 0.1) is 0 Å². The van der Waals surface area contributed by atoms with Crippen molar-refractivity contribution < 1.29 is 9.53 Å². The van der Waals surface area contributed by atoms with Gasteiger partial charge in [-0.25, -0.2) is 0 Å². The highest BCUT2D eigenvalue weighted by atomic mass is 35.5. The molecule has 5 nitrogen and oxygen atoms in total. The number of nitrogens with zero attached hydrogens (tertiary/aromatic N) is 3. The second-order valence-corrected chi connectivity index (χ2v) is 5.48. The number of hydrogen-bond donors (Lipinski definition) is 0. The topological polar surface area (TPSA) is 47.4 Å². The normalized spacial score (nSPS) is 22.0.